The first-order valence-electron chi connectivity index (χ1n) is 10.8. The largest absolute Gasteiger partial charge is 0.496 e. The summed E-state index contributed by atoms with van der Waals surface area (Å²) in [6.45, 7) is 0.534. The summed E-state index contributed by atoms with van der Waals surface area (Å²) in [5, 5.41) is 6.28. The van der Waals surface area contributed by atoms with Crippen molar-refractivity contribution in [1.82, 2.24) is 5.32 Å². The third-order valence-corrected chi connectivity index (χ3v) is 5.95. The van der Waals surface area contributed by atoms with Gasteiger partial charge in [0.15, 0.2) is 0 Å². The number of anilines is 2. The monoisotopic (exact) mass is 477 g/mol. The Kier molecular flexibility index (Phi) is 7.13. The summed E-state index contributed by atoms with van der Waals surface area (Å²) in [7, 11) is 1.58. The first-order chi connectivity index (χ1) is 16.5. The Morgan fingerprint density at radius 3 is 2.50 bits per heavy atom. The van der Waals surface area contributed by atoms with Crippen LogP contribution < -0.4 is 20.3 Å². The summed E-state index contributed by atoms with van der Waals surface area (Å²) in [4.78, 5) is 39.9. The van der Waals surface area contributed by atoms with Gasteiger partial charge in [-0.3, -0.25) is 14.4 Å². The summed E-state index contributed by atoms with van der Waals surface area (Å²) in [5.74, 6) is -0.624. The van der Waals surface area contributed by atoms with Crippen LogP contribution in [0.4, 0.5) is 11.4 Å². The Balaban J connectivity index is 1.42. The molecule has 0 aliphatic carbocycles. The number of hydrogen-bond donors (Lipinski definition) is 2. The van der Waals surface area contributed by atoms with Crippen molar-refractivity contribution >= 4 is 40.7 Å². The number of benzene rings is 3. The summed E-state index contributed by atoms with van der Waals surface area (Å²) in [6.07, 6.45) is 0.0939. The molecular weight excluding hydrogens is 454 g/mol. The number of carbonyl (C=O) groups is 3. The van der Waals surface area contributed by atoms with Crippen LogP contribution in [0.5, 0.6) is 5.75 Å². The molecule has 1 fully saturated rings. The topological polar surface area (TPSA) is 87.7 Å². The number of methoxy groups -OCH3 is 1. The molecule has 2 N–H and O–H groups in total. The number of nitrogens with zero attached hydrogens (tertiary/aromatic N) is 1. The highest BCUT2D eigenvalue weighted by Crippen LogP contribution is 2.27. The Hall–Kier alpha value is -3.84. The SMILES string of the molecule is COc1ccccc1CNC(=O)c1ccccc1NC(=O)[C@H]1CC(=O)N(c2ccc(Cl)cc2)C1. The number of carbonyl (C=O) groups excluding carboxylic acids is 3. The predicted octanol–water partition coefficient (Wildman–Crippen LogP) is 4.27. The number of para-hydroxylation sites is 2. The van der Waals surface area contributed by atoms with E-state index in [1.165, 1.54) is 0 Å². The lowest BCUT2D eigenvalue weighted by Gasteiger charge is -2.17. The van der Waals surface area contributed by atoms with E-state index >= 15 is 0 Å². The molecule has 8 heteroatoms. The number of ether oxygens (including phenoxy) is 1. The van der Waals surface area contributed by atoms with Gasteiger partial charge in [-0.15, -0.1) is 0 Å². The molecule has 1 aliphatic rings. The highest BCUT2D eigenvalue weighted by Gasteiger charge is 2.35. The molecule has 0 unspecified atom stereocenters. The predicted molar refractivity (Wildman–Crippen MR) is 131 cm³/mol. The van der Waals surface area contributed by atoms with Gasteiger partial charge in [0.1, 0.15) is 5.75 Å². The number of amides is 3. The van der Waals surface area contributed by atoms with E-state index in [2.05, 4.69) is 10.6 Å². The maximum atomic E-state index is 13.0. The number of halogens is 1. The molecule has 1 atom stereocenters. The van der Waals surface area contributed by atoms with Crippen LogP contribution in [0.15, 0.2) is 72.8 Å². The zero-order chi connectivity index (χ0) is 24.1. The highest BCUT2D eigenvalue weighted by atomic mass is 35.5. The summed E-state index contributed by atoms with van der Waals surface area (Å²) in [5.41, 5.74) is 2.26. The average Bonchev–Trinajstić information content (AvgIpc) is 3.25. The molecule has 0 saturated carbocycles. The smallest absolute Gasteiger partial charge is 0.253 e. The van der Waals surface area contributed by atoms with E-state index < -0.39 is 5.92 Å². The standard InChI is InChI=1S/C26H24ClN3O4/c1-34-23-9-5-2-6-17(23)15-28-26(33)21-7-3-4-8-22(21)29-25(32)18-14-24(31)30(16-18)20-12-10-19(27)11-13-20/h2-13,18H,14-16H2,1H3,(H,28,33)(H,29,32)/t18-/m0/s1. The molecule has 3 aromatic carbocycles. The molecule has 3 amide bonds. The van der Waals surface area contributed by atoms with E-state index in [0.717, 1.165) is 5.56 Å². The maximum Gasteiger partial charge on any atom is 0.253 e. The number of rotatable bonds is 7. The Bertz CT molecular complexity index is 1210. The van der Waals surface area contributed by atoms with Crippen molar-refractivity contribution in [2.45, 2.75) is 13.0 Å². The fourth-order valence-corrected chi connectivity index (χ4v) is 4.02. The van der Waals surface area contributed by atoms with Gasteiger partial charge in [0, 0.05) is 35.8 Å². The van der Waals surface area contributed by atoms with Gasteiger partial charge in [0.05, 0.1) is 24.3 Å². The summed E-state index contributed by atoms with van der Waals surface area (Å²) in [6, 6.07) is 21.1. The van der Waals surface area contributed by atoms with Crippen LogP contribution in [0.25, 0.3) is 0 Å². The van der Waals surface area contributed by atoms with Crippen LogP contribution in [-0.2, 0) is 16.1 Å². The van der Waals surface area contributed by atoms with Crippen LogP contribution in [0, 0.1) is 5.92 Å². The van der Waals surface area contributed by atoms with Crippen LogP contribution in [-0.4, -0.2) is 31.4 Å². The van der Waals surface area contributed by atoms with Gasteiger partial charge >= 0.3 is 0 Å². The van der Waals surface area contributed by atoms with Crippen molar-refractivity contribution in [3.05, 3.63) is 88.9 Å². The fourth-order valence-electron chi connectivity index (χ4n) is 3.90. The van der Waals surface area contributed by atoms with E-state index in [1.807, 2.05) is 24.3 Å². The van der Waals surface area contributed by atoms with Gasteiger partial charge < -0.3 is 20.3 Å². The van der Waals surface area contributed by atoms with Crippen LogP contribution in [0.2, 0.25) is 5.02 Å². The third-order valence-electron chi connectivity index (χ3n) is 5.70. The molecule has 4 rings (SSSR count). The minimum Gasteiger partial charge on any atom is -0.496 e. The van der Waals surface area contributed by atoms with Crippen LogP contribution >= 0.6 is 11.6 Å². The van der Waals surface area contributed by atoms with E-state index in [0.29, 0.717) is 27.7 Å². The van der Waals surface area contributed by atoms with Gasteiger partial charge in [-0.2, -0.15) is 0 Å². The average molecular weight is 478 g/mol. The van der Waals surface area contributed by atoms with E-state index in [-0.39, 0.29) is 37.2 Å². The molecule has 0 aromatic heterocycles. The highest BCUT2D eigenvalue weighted by molar-refractivity contribution is 6.30. The van der Waals surface area contributed by atoms with Crippen molar-refractivity contribution in [1.29, 1.82) is 0 Å². The minimum atomic E-state index is -0.534. The number of hydrogen-bond acceptors (Lipinski definition) is 4. The molecule has 174 valence electrons. The second-order valence-corrected chi connectivity index (χ2v) is 8.35. The fraction of sp³-hybridized carbons (Fsp3) is 0.192. The second-order valence-electron chi connectivity index (χ2n) is 7.91. The molecule has 34 heavy (non-hydrogen) atoms. The molecule has 1 saturated heterocycles. The zero-order valence-electron chi connectivity index (χ0n) is 18.6. The summed E-state index contributed by atoms with van der Waals surface area (Å²) >= 11 is 5.93. The molecule has 7 nitrogen and oxygen atoms in total. The van der Waals surface area contributed by atoms with Crippen molar-refractivity contribution in [2.75, 3.05) is 23.9 Å². The van der Waals surface area contributed by atoms with Gasteiger partial charge in [0.2, 0.25) is 11.8 Å². The Labute approximate surface area is 202 Å². The van der Waals surface area contributed by atoms with Crippen molar-refractivity contribution in [2.24, 2.45) is 5.92 Å². The zero-order valence-corrected chi connectivity index (χ0v) is 19.3. The van der Waals surface area contributed by atoms with E-state index in [4.69, 9.17) is 16.3 Å². The Morgan fingerprint density at radius 2 is 1.74 bits per heavy atom. The lowest BCUT2D eigenvalue weighted by atomic mass is 10.1. The van der Waals surface area contributed by atoms with E-state index in [1.54, 1.807) is 60.5 Å². The molecule has 0 spiro atoms. The maximum absolute atomic E-state index is 13.0. The van der Waals surface area contributed by atoms with Crippen LogP contribution in [0.1, 0.15) is 22.3 Å². The van der Waals surface area contributed by atoms with Crippen molar-refractivity contribution < 1.29 is 19.1 Å². The molecule has 0 radical (unpaired) electrons. The van der Waals surface area contributed by atoms with E-state index in [9.17, 15) is 14.4 Å². The second kappa shape index (κ2) is 10.4. The minimum absolute atomic E-state index is 0.0939. The normalized spacial score (nSPS) is 15.2. The Morgan fingerprint density at radius 1 is 1.03 bits per heavy atom. The van der Waals surface area contributed by atoms with Crippen molar-refractivity contribution in [3.8, 4) is 5.75 Å². The molecule has 0 bridgehead atoms. The molecule has 3 aromatic rings. The van der Waals surface area contributed by atoms with Crippen molar-refractivity contribution in [3.63, 3.8) is 0 Å². The van der Waals surface area contributed by atoms with Gasteiger partial charge in [-0.05, 0) is 42.5 Å². The number of nitrogens with one attached hydrogen (secondary N) is 2. The molecule has 1 aliphatic heterocycles. The quantitative estimate of drug-likeness (QED) is 0.532. The summed E-state index contributed by atoms with van der Waals surface area (Å²) < 4.78 is 5.33. The lowest BCUT2D eigenvalue weighted by Crippen LogP contribution is -2.29. The first-order valence-corrected chi connectivity index (χ1v) is 11.2. The third kappa shape index (κ3) is 5.21. The lowest BCUT2D eigenvalue weighted by molar-refractivity contribution is -0.122. The van der Waals surface area contributed by atoms with Crippen LogP contribution in [0.3, 0.4) is 0 Å². The van der Waals surface area contributed by atoms with Gasteiger partial charge in [-0.1, -0.05) is 41.9 Å². The van der Waals surface area contributed by atoms with Gasteiger partial charge in [-0.25, -0.2) is 0 Å². The van der Waals surface area contributed by atoms with Gasteiger partial charge in [0.25, 0.3) is 5.91 Å². The molecule has 1 heterocycles. The molecular formula is C26H24ClN3O4. The first kappa shape index (κ1) is 23.3.